The topological polar surface area (TPSA) is 72.5 Å². The molecule has 0 bridgehead atoms. The summed E-state index contributed by atoms with van der Waals surface area (Å²) in [4.78, 5) is 12.3. The molecule has 3 rings (SSSR count). The number of sulfonamides is 1. The zero-order valence-electron chi connectivity index (χ0n) is 14.5. The van der Waals surface area contributed by atoms with Crippen LogP contribution in [0.1, 0.15) is 15.9 Å². The van der Waals surface area contributed by atoms with Crippen molar-refractivity contribution in [3.63, 3.8) is 0 Å². The van der Waals surface area contributed by atoms with E-state index in [0.717, 1.165) is 22.6 Å². The lowest BCUT2D eigenvalue weighted by atomic mass is 10.1. The van der Waals surface area contributed by atoms with Gasteiger partial charge in [0.25, 0.3) is 10.0 Å². The number of nitrogens with one attached hydrogen (secondary N) is 1. The van der Waals surface area contributed by atoms with Crippen LogP contribution in [-0.2, 0) is 10.0 Å². The predicted molar refractivity (Wildman–Crippen MR) is 108 cm³/mol. The molecular weight excluding hydrogens is 382 g/mol. The van der Waals surface area contributed by atoms with Crippen molar-refractivity contribution in [3.05, 3.63) is 83.2 Å². The normalized spacial score (nSPS) is 11.4. The molecule has 0 aliphatic heterocycles. The van der Waals surface area contributed by atoms with Gasteiger partial charge >= 0.3 is 0 Å². The number of anilines is 1. The minimum Gasteiger partial charge on any atom is -0.497 e. The van der Waals surface area contributed by atoms with Crippen LogP contribution in [0.4, 0.5) is 5.69 Å². The van der Waals surface area contributed by atoms with Gasteiger partial charge in [0.1, 0.15) is 9.96 Å². The Morgan fingerprint density at radius 3 is 2.33 bits per heavy atom. The van der Waals surface area contributed by atoms with Crippen LogP contribution in [0.5, 0.6) is 5.75 Å². The van der Waals surface area contributed by atoms with E-state index in [9.17, 15) is 13.2 Å². The summed E-state index contributed by atoms with van der Waals surface area (Å²) in [5, 5.41) is 1.70. The fraction of sp³-hybridized carbons (Fsp3) is 0.0500. The van der Waals surface area contributed by atoms with Gasteiger partial charge in [-0.15, -0.1) is 11.3 Å². The number of hydrogen-bond donors (Lipinski definition) is 1. The summed E-state index contributed by atoms with van der Waals surface area (Å²) >= 11 is 1.14. The lowest BCUT2D eigenvalue weighted by Gasteiger charge is -2.06. The molecule has 3 aromatic rings. The molecule has 5 nitrogen and oxygen atoms in total. The monoisotopic (exact) mass is 399 g/mol. The molecule has 0 radical (unpaired) electrons. The quantitative estimate of drug-likeness (QED) is 0.470. The Kier molecular flexibility index (Phi) is 5.73. The third-order valence-corrected chi connectivity index (χ3v) is 6.50. The van der Waals surface area contributed by atoms with Crippen LogP contribution >= 0.6 is 11.3 Å². The summed E-state index contributed by atoms with van der Waals surface area (Å²) in [6, 6.07) is 16.9. The van der Waals surface area contributed by atoms with Crippen LogP contribution in [0, 0.1) is 0 Å². The van der Waals surface area contributed by atoms with Crippen molar-refractivity contribution < 1.29 is 17.9 Å². The second kappa shape index (κ2) is 8.20. The Morgan fingerprint density at radius 2 is 1.74 bits per heavy atom. The number of methoxy groups -OCH3 is 1. The third kappa shape index (κ3) is 4.84. The predicted octanol–water partition coefficient (Wildman–Crippen LogP) is 4.45. The Morgan fingerprint density at radius 1 is 1.04 bits per heavy atom. The summed E-state index contributed by atoms with van der Waals surface area (Å²) in [6.45, 7) is 0. The largest absolute Gasteiger partial charge is 0.497 e. The molecule has 1 heterocycles. The molecule has 0 aliphatic carbocycles. The van der Waals surface area contributed by atoms with Gasteiger partial charge in [-0.3, -0.25) is 9.52 Å². The highest BCUT2D eigenvalue weighted by molar-refractivity contribution is 7.94. The lowest BCUT2D eigenvalue weighted by molar-refractivity contribution is 0.104. The summed E-state index contributed by atoms with van der Waals surface area (Å²) in [5.41, 5.74) is 1.75. The van der Waals surface area contributed by atoms with Crippen molar-refractivity contribution in [2.24, 2.45) is 0 Å². The zero-order valence-corrected chi connectivity index (χ0v) is 16.1. The van der Waals surface area contributed by atoms with Gasteiger partial charge in [0.05, 0.1) is 7.11 Å². The maximum atomic E-state index is 12.3. The average molecular weight is 399 g/mol. The molecule has 0 fully saturated rings. The van der Waals surface area contributed by atoms with E-state index in [2.05, 4.69) is 4.72 Å². The summed E-state index contributed by atoms with van der Waals surface area (Å²) in [6.07, 6.45) is 3.20. The van der Waals surface area contributed by atoms with Crippen LogP contribution in [0.15, 0.2) is 76.3 Å². The smallest absolute Gasteiger partial charge is 0.271 e. The van der Waals surface area contributed by atoms with Gasteiger partial charge in [0.15, 0.2) is 5.78 Å². The molecule has 1 aromatic heterocycles. The molecule has 0 spiro atoms. The molecule has 0 atom stereocenters. The van der Waals surface area contributed by atoms with Crippen molar-refractivity contribution in [2.45, 2.75) is 4.21 Å². The average Bonchev–Trinajstić information content (AvgIpc) is 3.23. The van der Waals surface area contributed by atoms with Crippen LogP contribution in [0.25, 0.3) is 6.08 Å². The van der Waals surface area contributed by atoms with Crippen molar-refractivity contribution in [1.82, 2.24) is 0 Å². The Hall–Kier alpha value is -2.90. The van der Waals surface area contributed by atoms with Gasteiger partial charge in [-0.2, -0.15) is 0 Å². The van der Waals surface area contributed by atoms with E-state index < -0.39 is 10.0 Å². The van der Waals surface area contributed by atoms with Gasteiger partial charge < -0.3 is 4.74 Å². The van der Waals surface area contributed by atoms with Gasteiger partial charge in [0, 0.05) is 11.3 Å². The molecule has 1 N–H and O–H groups in total. The summed E-state index contributed by atoms with van der Waals surface area (Å²) in [5.74, 6) is 0.581. The van der Waals surface area contributed by atoms with Crippen molar-refractivity contribution >= 4 is 38.9 Å². The maximum Gasteiger partial charge on any atom is 0.271 e. The highest BCUT2D eigenvalue weighted by Gasteiger charge is 2.15. The van der Waals surface area contributed by atoms with E-state index in [0.29, 0.717) is 11.3 Å². The SMILES string of the molecule is COc1ccc(/C=C/C(=O)c2ccc(NS(=O)(=O)c3cccs3)cc2)cc1. The Balaban J connectivity index is 1.67. The summed E-state index contributed by atoms with van der Waals surface area (Å²) in [7, 11) is -2.00. The van der Waals surface area contributed by atoms with E-state index >= 15 is 0 Å². The van der Waals surface area contributed by atoms with Crippen LogP contribution < -0.4 is 9.46 Å². The molecule has 0 amide bonds. The van der Waals surface area contributed by atoms with E-state index in [1.807, 2.05) is 24.3 Å². The number of rotatable bonds is 7. The first kappa shape index (κ1) is 18.9. The van der Waals surface area contributed by atoms with Crippen LogP contribution in [-0.4, -0.2) is 21.3 Å². The molecule has 0 saturated heterocycles. The molecule has 27 heavy (non-hydrogen) atoms. The highest BCUT2D eigenvalue weighted by atomic mass is 32.2. The summed E-state index contributed by atoms with van der Waals surface area (Å²) < 4.78 is 32.2. The van der Waals surface area contributed by atoms with Crippen molar-refractivity contribution in [2.75, 3.05) is 11.8 Å². The van der Waals surface area contributed by atoms with Crippen LogP contribution in [0.2, 0.25) is 0 Å². The Labute approximate surface area is 162 Å². The van der Waals surface area contributed by atoms with E-state index in [1.54, 1.807) is 48.9 Å². The Bertz CT molecular complexity index is 1040. The molecule has 7 heteroatoms. The highest BCUT2D eigenvalue weighted by Crippen LogP contribution is 2.20. The molecule has 138 valence electrons. The standard InChI is InChI=1S/C20H17NO4S2/c1-25-18-11-4-15(5-12-18)6-13-19(22)16-7-9-17(10-8-16)21-27(23,24)20-3-2-14-26-20/h2-14,21H,1H3/b13-6+. The van der Waals surface area contributed by atoms with Crippen LogP contribution in [0.3, 0.4) is 0 Å². The molecule has 0 unspecified atom stereocenters. The first-order chi connectivity index (χ1) is 13.0. The third-order valence-electron chi connectivity index (χ3n) is 3.72. The minimum atomic E-state index is -3.60. The first-order valence-corrected chi connectivity index (χ1v) is 10.4. The first-order valence-electron chi connectivity index (χ1n) is 8.01. The molecule has 0 aliphatic rings. The lowest BCUT2D eigenvalue weighted by Crippen LogP contribution is -2.11. The number of ketones is 1. The fourth-order valence-electron chi connectivity index (χ4n) is 2.31. The second-order valence-corrected chi connectivity index (χ2v) is 8.44. The van der Waals surface area contributed by atoms with Gasteiger partial charge in [-0.1, -0.05) is 24.3 Å². The number of allylic oxidation sites excluding steroid dienone is 1. The molecule has 0 saturated carbocycles. The number of thiophene rings is 1. The number of carbonyl (C=O) groups is 1. The number of ether oxygens (including phenoxy) is 1. The number of benzene rings is 2. The molecule has 2 aromatic carbocycles. The van der Waals surface area contributed by atoms with Gasteiger partial charge in [0.2, 0.25) is 0 Å². The van der Waals surface area contributed by atoms with Gasteiger partial charge in [-0.05, 0) is 59.5 Å². The van der Waals surface area contributed by atoms with Gasteiger partial charge in [-0.25, -0.2) is 8.42 Å². The van der Waals surface area contributed by atoms with E-state index in [1.165, 1.54) is 12.1 Å². The maximum absolute atomic E-state index is 12.3. The number of hydrogen-bond acceptors (Lipinski definition) is 5. The zero-order chi connectivity index (χ0) is 19.3. The second-order valence-electron chi connectivity index (χ2n) is 5.59. The van der Waals surface area contributed by atoms with E-state index in [4.69, 9.17) is 4.74 Å². The van der Waals surface area contributed by atoms with Crippen molar-refractivity contribution in [1.29, 1.82) is 0 Å². The van der Waals surface area contributed by atoms with E-state index in [-0.39, 0.29) is 9.99 Å². The minimum absolute atomic E-state index is 0.168. The van der Waals surface area contributed by atoms with Crippen molar-refractivity contribution in [3.8, 4) is 5.75 Å². The molecular formula is C20H17NO4S2. The fourth-order valence-corrected chi connectivity index (χ4v) is 4.36. The number of carbonyl (C=O) groups excluding carboxylic acids is 1.